The van der Waals surface area contributed by atoms with Crippen molar-refractivity contribution in [2.45, 2.75) is 39.5 Å². The maximum atomic E-state index is 5.58. The largest absolute Gasteiger partial charge is 0.496 e. The molecule has 1 aromatic rings. The van der Waals surface area contributed by atoms with Crippen molar-refractivity contribution in [3.63, 3.8) is 0 Å². The number of rotatable bonds is 3. The molecule has 0 amide bonds. The fraction of sp³-hybridized carbons (Fsp3) is 0.647. The Bertz CT molecular complexity index is 522. The Morgan fingerprint density at radius 1 is 1.30 bits per heavy atom. The van der Waals surface area contributed by atoms with Crippen LogP contribution in [-0.4, -0.2) is 25.5 Å². The quantitative estimate of drug-likeness (QED) is 0.765. The van der Waals surface area contributed by atoms with Crippen molar-refractivity contribution in [3.05, 3.63) is 22.8 Å². The molecule has 1 aromatic carbocycles. The van der Waals surface area contributed by atoms with E-state index < -0.39 is 0 Å². The zero-order chi connectivity index (χ0) is 14.3. The second-order valence-corrected chi connectivity index (χ2v) is 7.27. The number of hydrogen-bond donors (Lipinski definition) is 0. The number of alkyl halides is 1. The zero-order valence-corrected chi connectivity index (χ0v) is 14.3. The minimum absolute atomic E-state index is 0.544. The lowest BCUT2D eigenvalue weighted by molar-refractivity contribution is 0.134. The average Bonchev–Trinajstić information content (AvgIpc) is 2.40. The Morgan fingerprint density at radius 2 is 2.05 bits per heavy atom. The maximum absolute atomic E-state index is 5.58. The molecule has 0 radical (unpaired) electrons. The van der Waals surface area contributed by atoms with Gasteiger partial charge in [0, 0.05) is 24.1 Å². The predicted molar refractivity (Wildman–Crippen MR) is 88.5 cm³/mol. The molecule has 2 nitrogen and oxygen atoms in total. The Balaban J connectivity index is 2.08. The van der Waals surface area contributed by atoms with Crippen molar-refractivity contribution in [2.75, 3.05) is 30.4 Å². The van der Waals surface area contributed by atoms with Gasteiger partial charge in [-0.1, -0.05) is 22.4 Å². The van der Waals surface area contributed by atoms with Crippen LogP contribution in [0.4, 0.5) is 5.69 Å². The van der Waals surface area contributed by atoms with Crippen LogP contribution in [0.5, 0.6) is 5.75 Å². The van der Waals surface area contributed by atoms with Crippen molar-refractivity contribution in [1.82, 2.24) is 0 Å². The van der Waals surface area contributed by atoms with E-state index in [0.717, 1.165) is 17.6 Å². The number of fused-ring (bicyclic) bond motifs is 1. The molecule has 1 saturated carbocycles. The van der Waals surface area contributed by atoms with E-state index in [0.29, 0.717) is 5.41 Å². The summed E-state index contributed by atoms with van der Waals surface area (Å²) in [6, 6.07) is 2.29. The molecule has 3 heteroatoms. The summed E-state index contributed by atoms with van der Waals surface area (Å²) in [5.74, 6) is 1.05. The normalized spacial score (nSPS) is 19.7. The van der Waals surface area contributed by atoms with E-state index in [4.69, 9.17) is 4.74 Å². The first-order chi connectivity index (χ1) is 9.60. The number of methoxy groups -OCH3 is 1. The molecule has 0 saturated heterocycles. The number of hydrogen-bond acceptors (Lipinski definition) is 2. The lowest BCUT2D eigenvalue weighted by Crippen LogP contribution is -2.48. The van der Waals surface area contributed by atoms with Gasteiger partial charge in [-0.2, -0.15) is 0 Å². The molecule has 2 aliphatic rings. The van der Waals surface area contributed by atoms with Crippen molar-refractivity contribution in [1.29, 1.82) is 0 Å². The minimum atomic E-state index is 0.544. The Morgan fingerprint density at radius 3 is 2.60 bits per heavy atom. The van der Waals surface area contributed by atoms with E-state index in [9.17, 15) is 0 Å². The Hall–Kier alpha value is -0.700. The standard InChI is InChI=1S/C17H24BrNO/c1-12-13(2)16-14(9-15(12)20-3)10-17(5-4-6-17)11-19(16)8-7-18/h9H,4-8,10-11H2,1-3H3. The SMILES string of the molecule is COc1cc2c(c(C)c1C)N(CCBr)CC1(CCC1)C2. The third kappa shape index (κ3) is 2.14. The Labute approximate surface area is 130 Å². The average molecular weight is 338 g/mol. The molecule has 3 rings (SSSR count). The van der Waals surface area contributed by atoms with E-state index in [-0.39, 0.29) is 0 Å². The van der Waals surface area contributed by atoms with Crippen LogP contribution in [0.2, 0.25) is 0 Å². The number of benzene rings is 1. The molecule has 20 heavy (non-hydrogen) atoms. The van der Waals surface area contributed by atoms with Crippen LogP contribution in [0.25, 0.3) is 0 Å². The van der Waals surface area contributed by atoms with E-state index in [1.165, 1.54) is 54.6 Å². The van der Waals surface area contributed by atoms with Crippen LogP contribution in [-0.2, 0) is 6.42 Å². The van der Waals surface area contributed by atoms with Gasteiger partial charge >= 0.3 is 0 Å². The first kappa shape index (κ1) is 14.2. The lowest BCUT2D eigenvalue weighted by atomic mass is 9.63. The van der Waals surface area contributed by atoms with Gasteiger partial charge in [-0.25, -0.2) is 0 Å². The molecular weight excluding hydrogens is 314 g/mol. The first-order valence-electron chi connectivity index (χ1n) is 7.58. The van der Waals surface area contributed by atoms with Gasteiger partial charge in [0.2, 0.25) is 0 Å². The summed E-state index contributed by atoms with van der Waals surface area (Å²) in [6.07, 6.45) is 5.42. The van der Waals surface area contributed by atoms with E-state index in [1.807, 2.05) is 0 Å². The lowest BCUT2D eigenvalue weighted by Gasteiger charge is -2.50. The summed E-state index contributed by atoms with van der Waals surface area (Å²) in [7, 11) is 1.78. The summed E-state index contributed by atoms with van der Waals surface area (Å²) < 4.78 is 5.58. The summed E-state index contributed by atoms with van der Waals surface area (Å²) in [6.45, 7) is 6.75. The third-order valence-corrected chi connectivity index (χ3v) is 5.65. The van der Waals surface area contributed by atoms with Gasteiger partial charge in [0.25, 0.3) is 0 Å². The highest BCUT2D eigenvalue weighted by Crippen LogP contribution is 2.51. The first-order valence-corrected chi connectivity index (χ1v) is 8.70. The smallest absolute Gasteiger partial charge is 0.122 e. The van der Waals surface area contributed by atoms with Gasteiger partial charge in [0.1, 0.15) is 5.75 Å². The summed E-state index contributed by atoms with van der Waals surface area (Å²) in [5.41, 5.74) is 6.20. The molecule has 0 unspecified atom stereocenters. The second-order valence-electron chi connectivity index (χ2n) is 6.48. The van der Waals surface area contributed by atoms with Gasteiger partial charge in [-0.3, -0.25) is 0 Å². The summed E-state index contributed by atoms with van der Waals surface area (Å²) in [4.78, 5) is 2.61. The van der Waals surface area contributed by atoms with Gasteiger partial charge in [0.05, 0.1) is 7.11 Å². The highest BCUT2D eigenvalue weighted by atomic mass is 79.9. The highest BCUT2D eigenvalue weighted by molar-refractivity contribution is 9.09. The van der Waals surface area contributed by atoms with Crippen LogP contribution in [0.15, 0.2) is 6.07 Å². The molecule has 0 atom stereocenters. The van der Waals surface area contributed by atoms with Crippen LogP contribution >= 0.6 is 15.9 Å². The number of nitrogens with zero attached hydrogens (tertiary/aromatic N) is 1. The summed E-state index contributed by atoms with van der Waals surface area (Å²) >= 11 is 3.62. The topological polar surface area (TPSA) is 12.5 Å². The van der Waals surface area contributed by atoms with Crippen LogP contribution in [0.3, 0.4) is 0 Å². The van der Waals surface area contributed by atoms with Crippen molar-refractivity contribution in [3.8, 4) is 5.75 Å². The highest BCUT2D eigenvalue weighted by Gasteiger charge is 2.43. The van der Waals surface area contributed by atoms with Gasteiger partial charge in [-0.05, 0) is 61.3 Å². The van der Waals surface area contributed by atoms with E-state index in [1.54, 1.807) is 7.11 Å². The van der Waals surface area contributed by atoms with Crippen LogP contribution < -0.4 is 9.64 Å². The molecule has 0 aromatic heterocycles. The third-order valence-electron chi connectivity index (χ3n) is 5.29. The van der Waals surface area contributed by atoms with E-state index >= 15 is 0 Å². The molecule has 1 heterocycles. The van der Waals surface area contributed by atoms with Crippen molar-refractivity contribution < 1.29 is 4.74 Å². The van der Waals surface area contributed by atoms with Crippen molar-refractivity contribution in [2.24, 2.45) is 5.41 Å². The second kappa shape index (κ2) is 5.25. The van der Waals surface area contributed by atoms with Gasteiger partial charge < -0.3 is 9.64 Å². The zero-order valence-electron chi connectivity index (χ0n) is 12.8. The summed E-state index contributed by atoms with van der Waals surface area (Å²) in [5, 5.41) is 1.03. The van der Waals surface area contributed by atoms with Crippen LogP contribution in [0, 0.1) is 19.3 Å². The van der Waals surface area contributed by atoms with Gasteiger partial charge in [-0.15, -0.1) is 0 Å². The number of anilines is 1. The molecular formula is C17H24BrNO. The monoisotopic (exact) mass is 337 g/mol. The molecule has 1 aliphatic carbocycles. The number of halogens is 1. The molecule has 1 fully saturated rings. The van der Waals surface area contributed by atoms with Crippen molar-refractivity contribution >= 4 is 21.6 Å². The van der Waals surface area contributed by atoms with Gasteiger partial charge in [0.15, 0.2) is 0 Å². The molecule has 1 spiro atoms. The number of ether oxygens (including phenoxy) is 1. The molecule has 1 aliphatic heterocycles. The fourth-order valence-corrected chi connectivity index (χ4v) is 4.40. The minimum Gasteiger partial charge on any atom is -0.496 e. The molecule has 0 N–H and O–H groups in total. The fourth-order valence-electron chi connectivity index (χ4n) is 3.97. The molecule has 110 valence electrons. The van der Waals surface area contributed by atoms with E-state index in [2.05, 4.69) is 40.7 Å². The Kier molecular flexibility index (Phi) is 3.74. The molecule has 0 bridgehead atoms. The van der Waals surface area contributed by atoms with Crippen LogP contribution in [0.1, 0.15) is 36.0 Å². The predicted octanol–water partition coefficient (Wildman–Crippen LogP) is 4.24. The maximum Gasteiger partial charge on any atom is 0.122 e.